The van der Waals surface area contributed by atoms with Gasteiger partial charge in [-0.1, -0.05) is 38.2 Å². The molecule has 1 aromatic rings. The lowest BCUT2D eigenvalue weighted by Crippen LogP contribution is -2.21. The normalized spacial score (nSPS) is 12.2. The van der Waals surface area contributed by atoms with Gasteiger partial charge in [0.1, 0.15) is 4.99 Å². The summed E-state index contributed by atoms with van der Waals surface area (Å²) in [5.41, 5.74) is 6.93. The van der Waals surface area contributed by atoms with E-state index in [4.69, 9.17) is 22.7 Å². The summed E-state index contributed by atoms with van der Waals surface area (Å²) in [6.07, 6.45) is 0.453. The Morgan fingerprint density at radius 3 is 2.60 bits per heavy atom. The van der Waals surface area contributed by atoms with Crippen molar-refractivity contribution in [3.05, 3.63) is 29.8 Å². The third-order valence-corrected chi connectivity index (χ3v) is 3.34. The Morgan fingerprint density at radius 1 is 1.35 bits per heavy atom. The quantitative estimate of drug-likeness (QED) is 0.759. The van der Waals surface area contributed by atoms with E-state index in [1.165, 1.54) is 0 Å². The third kappa shape index (κ3) is 5.27. The van der Waals surface area contributed by atoms with Gasteiger partial charge >= 0.3 is 0 Å². The Kier molecular flexibility index (Phi) is 6.61. The van der Waals surface area contributed by atoms with Crippen molar-refractivity contribution in [3.8, 4) is 0 Å². The zero-order chi connectivity index (χ0) is 15.1. The van der Waals surface area contributed by atoms with E-state index in [0.717, 1.165) is 0 Å². The number of anilines is 1. The Hall–Kier alpha value is -1.46. The van der Waals surface area contributed by atoms with Crippen LogP contribution in [-0.2, 0) is 9.53 Å². The molecule has 0 aliphatic carbocycles. The number of nitrogens with two attached hydrogens (primary N) is 1. The van der Waals surface area contributed by atoms with Crippen molar-refractivity contribution in [1.29, 1.82) is 0 Å². The molecule has 3 N–H and O–H groups in total. The molecule has 1 amide bonds. The minimum Gasteiger partial charge on any atom is -0.389 e. The van der Waals surface area contributed by atoms with E-state index in [0.29, 0.717) is 30.2 Å². The molecule has 0 radical (unpaired) electrons. The number of hydrogen-bond acceptors (Lipinski definition) is 3. The average Bonchev–Trinajstić information content (AvgIpc) is 2.38. The molecule has 20 heavy (non-hydrogen) atoms. The van der Waals surface area contributed by atoms with Crippen LogP contribution in [0.15, 0.2) is 24.3 Å². The summed E-state index contributed by atoms with van der Waals surface area (Å²) in [5.74, 6) is 0.332. The molecule has 0 saturated heterocycles. The van der Waals surface area contributed by atoms with Crippen molar-refractivity contribution in [2.75, 3.05) is 11.9 Å². The van der Waals surface area contributed by atoms with E-state index in [1.807, 2.05) is 19.1 Å². The highest BCUT2D eigenvalue weighted by atomic mass is 32.1. The lowest BCUT2D eigenvalue weighted by atomic mass is 10.1. The Labute approximate surface area is 125 Å². The van der Waals surface area contributed by atoms with Crippen molar-refractivity contribution in [2.24, 2.45) is 11.7 Å². The Balaban J connectivity index is 2.49. The van der Waals surface area contributed by atoms with E-state index in [2.05, 4.69) is 19.2 Å². The zero-order valence-corrected chi connectivity index (χ0v) is 13.0. The molecule has 110 valence electrons. The number of carbonyl (C=O) groups is 1. The fourth-order valence-corrected chi connectivity index (χ4v) is 1.73. The third-order valence-electron chi connectivity index (χ3n) is 3.12. The number of nitrogens with one attached hydrogen (secondary N) is 1. The summed E-state index contributed by atoms with van der Waals surface area (Å²) in [6.45, 7) is 6.58. The van der Waals surface area contributed by atoms with Gasteiger partial charge in [0.25, 0.3) is 0 Å². The van der Waals surface area contributed by atoms with Crippen LogP contribution in [0.5, 0.6) is 0 Å². The van der Waals surface area contributed by atoms with Gasteiger partial charge in [0, 0.05) is 5.56 Å². The molecule has 0 fully saturated rings. The van der Waals surface area contributed by atoms with Gasteiger partial charge in [-0.25, -0.2) is 0 Å². The van der Waals surface area contributed by atoms with Crippen LogP contribution in [0.4, 0.5) is 5.69 Å². The molecular formula is C15H22N2O2S. The zero-order valence-electron chi connectivity index (χ0n) is 12.2. The minimum absolute atomic E-state index is 0.107. The van der Waals surface area contributed by atoms with Crippen molar-refractivity contribution >= 4 is 28.8 Å². The highest BCUT2D eigenvalue weighted by molar-refractivity contribution is 7.80. The first-order valence-electron chi connectivity index (χ1n) is 6.72. The molecular weight excluding hydrogens is 272 g/mol. The summed E-state index contributed by atoms with van der Waals surface area (Å²) in [6, 6.07) is 7.23. The molecule has 1 unspecified atom stereocenters. The number of benzene rings is 1. The molecule has 1 atom stereocenters. The van der Waals surface area contributed by atoms with Gasteiger partial charge in [0.05, 0.1) is 24.8 Å². The monoisotopic (exact) mass is 294 g/mol. The number of carbonyl (C=O) groups excluding carboxylic acids is 1. The molecule has 0 saturated carbocycles. The first-order valence-corrected chi connectivity index (χ1v) is 7.13. The van der Waals surface area contributed by atoms with Gasteiger partial charge in [-0.15, -0.1) is 0 Å². The van der Waals surface area contributed by atoms with Gasteiger partial charge in [-0.2, -0.15) is 0 Å². The van der Waals surface area contributed by atoms with Crippen LogP contribution in [0.3, 0.4) is 0 Å². The standard InChI is InChI=1S/C15H22N2O2S/c1-10(2)11(3)19-9-8-14(18)17-13-7-5-4-6-12(13)15(16)20/h4-7,10-11H,8-9H2,1-3H3,(H2,16,20)(H,17,18). The minimum atomic E-state index is -0.107. The molecule has 0 aromatic heterocycles. The number of amides is 1. The Bertz CT molecular complexity index is 475. The molecule has 1 aromatic carbocycles. The number of para-hydroxylation sites is 1. The number of rotatable bonds is 7. The summed E-state index contributed by atoms with van der Waals surface area (Å²) in [5, 5.41) is 2.81. The average molecular weight is 294 g/mol. The van der Waals surface area contributed by atoms with Crippen molar-refractivity contribution in [2.45, 2.75) is 33.3 Å². The SMILES string of the molecule is CC(C)C(C)OCCC(=O)Nc1ccccc1C(N)=S. The van der Waals surface area contributed by atoms with Crippen molar-refractivity contribution in [3.63, 3.8) is 0 Å². The van der Waals surface area contributed by atoms with Crippen molar-refractivity contribution < 1.29 is 9.53 Å². The summed E-state index contributed by atoms with van der Waals surface area (Å²) >= 11 is 4.95. The lowest BCUT2D eigenvalue weighted by molar-refractivity contribution is -0.117. The fourth-order valence-electron chi connectivity index (χ4n) is 1.55. The fraction of sp³-hybridized carbons (Fsp3) is 0.467. The first kappa shape index (κ1) is 16.6. The highest BCUT2D eigenvalue weighted by Crippen LogP contribution is 2.15. The second-order valence-corrected chi connectivity index (χ2v) is 5.47. The molecule has 5 heteroatoms. The lowest BCUT2D eigenvalue weighted by Gasteiger charge is -2.16. The maximum atomic E-state index is 11.9. The molecule has 0 aliphatic rings. The van der Waals surface area contributed by atoms with E-state index < -0.39 is 0 Å². The largest absolute Gasteiger partial charge is 0.389 e. The molecule has 4 nitrogen and oxygen atoms in total. The van der Waals surface area contributed by atoms with E-state index in [1.54, 1.807) is 12.1 Å². The molecule has 0 heterocycles. The van der Waals surface area contributed by atoms with Crippen molar-refractivity contribution in [1.82, 2.24) is 0 Å². The predicted molar refractivity (Wildman–Crippen MR) is 85.8 cm³/mol. The van der Waals surface area contributed by atoms with Crippen LogP contribution in [0.2, 0.25) is 0 Å². The number of thiocarbonyl (C=S) groups is 1. The Morgan fingerprint density at radius 2 is 2.00 bits per heavy atom. The smallest absolute Gasteiger partial charge is 0.226 e. The van der Waals surface area contributed by atoms with Crippen LogP contribution in [-0.4, -0.2) is 23.6 Å². The molecule has 0 bridgehead atoms. The van der Waals surface area contributed by atoms with Crippen LogP contribution in [0.25, 0.3) is 0 Å². The van der Waals surface area contributed by atoms with E-state index >= 15 is 0 Å². The topological polar surface area (TPSA) is 64.3 Å². The van der Waals surface area contributed by atoms with Crippen LogP contribution in [0, 0.1) is 5.92 Å². The summed E-state index contributed by atoms with van der Waals surface area (Å²) < 4.78 is 5.58. The second kappa shape index (κ2) is 7.97. The van der Waals surface area contributed by atoms with Gasteiger partial charge in [0.15, 0.2) is 0 Å². The molecule has 0 aliphatic heterocycles. The molecule has 1 rings (SSSR count). The second-order valence-electron chi connectivity index (χ2n) is 5.03. The maximum Gasteiger partial charge on any atom is 0.226 e. The van der Waals surface area contributed by atoms with E-state index in [-0.39, 0.29) is 17.0 Å². The van der Waals surface area contributed by atoms with Gasteiger partial charge in [-0.05, 0) is 25.0 Å². The summed E-state index contributed by atoms with van der Waals surface area (Å²) in [4.78, 5) is 12.1. The van der Waals surface area contributed by atoms with Gasteiger partial charge in [-0.3, -0.25) is 4.79 Å². The predicted octanol–water partition coefficient (Wildman–Crippen LogP) is 2.71. The van der Waals surface area contributed by atoms with Crippen LogP contribution >= 0.6 is 12.2 Å². The van der Waals surface area contributed by atoms with Gasteiger partial charge < -0.3 is 15.8 Å². The number of hydrogen-bond donors (Lipinski definition) is 2. The summed E-state index contributed by atoms with van der Waals surface area (Å²) in [7, 11) is 0. The first-order chi connectivity index (χ1) is 9.41. The maximum absolute atomic E-state index is 11.9. The molecule has 0 spiro atoms. The number of ether oxygens (including phenoxy) is 1. The highest BCUT2D eigenvalue weighted by Gasteiger charge is 2.10. The van der Waals surface area contributed by atoms with Crippen LogP contribution < -0.4 is 11.1 Å². The van der Waals surface area contributed by atoms with Gasteiger partial charge in [0.2, 0.25) is 5.91 Å². The van der Waals surface area contributed by atoms with Crippen LogP contribution in [0.1, 0.15) is 32.8 Å². The van der Waals surface area contributed by atoms with E-state index in [9.17, 15) is 4.79 Å².